The maximum absolute atomic E-state index is 12.7. The van der Waals surface area contributed by atoms with Crippen molar-refractivity contribution < 1.29 is 14.1 Å². The number of rotatable bonds is 7. The zero-order valence-corrected chi connectivity index (χ0v) is 17.2. The van der Waals surface area contributed by atoms with Gasteiger partial charge in [0.1, 0.15) is 5.75 Å². The molecule has 1 aromatic heterocycles. The van der Waals surface area contributed by atoms with Gasteiger partial charge >= 0.3 is 0 Å². The topological polar surface area (TPSA) is 68.5 Å². The van der Waals surface area contributed by atoms with Crippen LogP contribution in [0.3, 0.4) is 0 Å². The summed E-state index contributed by atoms with van der Waals surface area (Å²) in [6.07, 6.45) is 0. The van der Waals surface area contributed by atoms with E-state index < -0.39 is 0 Å². The third-order valence-corrected chi connectivity index (χ3v) is 5.33. The molecule has 1 atom stereocenters. The molecule has 0 aliphatic carbocycles. The number of hydrogen-bond donors (Lipinski definition) is 0. The molecule has 6 nitrogen and oxygen atoms in total. The van der Waals surface area contributed by atoms with Crippen molar-refractivity contribution in [2.24, 2.45) is 0 Å². The highest BCUT2D eigenvalue weighted by Crippen LogP contribution is 2.25. The van der Waals surface area contributed by atoms with Gasteiger partial charge in [0.05, 0.1) is 18.9 Å². The van der Waals surface area contributed by atoms with Crippen molar-refractivity contribution in [3.05, 3.63) is 60.0 Å². The van der Waals surface area contributed by atoms with Gasteiger partial charge in [-0.2, -0.15) is 4.98 Å². The number of nitrogens with zero attached hydrogens (tertiary/aromatic N) is 3. The van der Waals surface area contributed by atoms with Crippen molar-refractivity contribution in [1.82, 2.24) is 15.0 Å². The van der Waals surface area contributed by atoms with E-state index in [0.717, 1.165) is 16.2 Å². The van der Waals surface area contributed by atoms with Crippen LogP contribution in [0.15, 0.2) is 57.9 Å². The zero-order chi connectivity index (χ0) is 20.1. The molecule has 1 unspecified atom stereocenters. The Morgan fingerprint density at radius 3 is 2.71 bits per heavy atom. The second-order valence-corrected chi connectivity index (χ2v) is 7.93. The Bertz CT molecular complexity index is 940. The molecule has 1 heterocycles. The molecular formula is C21H23N3O3S. The minimum absolute atomic E-state index is 0.00621. The fraction of sp³-hybridized carbons (Fsp3) is 0.286. The lowest BCUT2D eigenvalue weighted by molar-refractivity contribution is -0.129. The molecule has 2 aromatic carbocycles. The number of aromatic nitrogens is 2. The molecule has 0 spiro atoms. The highest BCUT2D eigenvalue weighted by atomic mass is 32.2. The van der Waals surface area contributed by atoms with E-state index in [1.165, 1.54) is 17.3 Å². The van der Waals surface area contributed by atoms with Gasteiger partial charge in [0.15, 0.2) is 0 Å². The van der Waals surface area contributed by atoms with Gasteiger partial charge in [-0.25, -0.2) is 0 Å². The lowest BCUT2D eigenvalue weighted by atomic mass is 10.2. The molecule has 28 heavy (non-hydrogen) atoms. The first-order valence-electron chi connectivity index (χ1n) is 8.91. The Labute approximate surface area is 168 Å². The van der Waals surface area contributed by atoms with E-state index in [1.807, 2.05) is 62.4 Å². The van der Waals surface area contributed by atoms with Gasteiger partial charge in [0, 0.05) is 17.5 Å². The molecule has 0 bridgehead atoms. The molecule has 0 saturated carbocycles. The Hall–Kier alpha value is -2.80. The number of methoxy groups -OCH3 is 1. The van der Waals surface area contributed by atoms with E-state index in [-0.39, 0.29) is 17.7 Å². The van der Waals surface area contributed by atoms with Crippen LogP contribution in [0.4, 0.5) is 0 Å². The first kappa shape index (κ1) is 19.9. The molecule has 146 valence electrons. The Morgan fingerprint density at radius 1 is 1.25 bits per heavy atom. The number of carbonyl (C=O) groups is 1. The van der Waals surface area contributed by atoms with Gasteiger partial charge in [0.25, 0.3) is 0 Å². The monoisotopic (exact) mass is 397 g/mol. The van der Waals surface area contributed by atoms with Gasteiger partial charge in [-0.1, -0.05) is 35.0 Å². The third kappa shape index (κ3) is 4.92. The molecule has 0 N–H and O–H groups in total. The summed E-state index contributed by atoms with van der Waals surface area (Å²) < 4.78 is 10.5. The number of hydrogen-bond acceptors (Lipinski definition) is 6. The molecule has 0 aliphatic heterocycles. The fourth-order valence-corrected chi connectivity index (χ4v) is 3.64. The van der Waals surface area contributed by atoms with E-state index in [4.69, 9.17) is 9.26 Å². The van der Waals surface area contributed by atoms with E-state index in [0.29, 0.717) is 11.7 Å². The van der Waals surface area contributed by atoms with Gasteiger partial charge in [0.2, 0.25) is 17.6 Å². The highest BCUT2D eigenvalue weighted by Gasteiger charge is 2.21. The molecule has 0 radical (unpaired) electrons. The first-order valence-corrected chi connectivity index (χ1v) is 9.79. The number of carbonyl (C=O) groups excluding carboxylic acids is 1. The van der Waals surface area contributed by atoms with Crippen molar-refractivity contribution in [3.63, 3.8) is 0 Å². The van der Waals surface area contributed by atoms with Crippen LogP contribution in [0.5, 0.6) is 5.75 Å². The van der Waals surface area contributed by atoms with Crippen molar-refractivity contribution >= 4 is 17.7 Å². The van der Waals surface area contributed by atoms with Crippen molar-refractivity contribution in [2.45, 2.75) is 30.5 Å². The van der Waals surface area contributed by atoms with E-state index in [2.05, 4.69) is 10.1 Å². The molecule has 0 fully saturated rings. The van der Waals surface area contributed by atoms with Crippen LogP contribution in [0, 0.1) is 6.92 Å². The lowest BCUT2D eigenvalue weighted by Gasteiger charge is -2.19. The summed E-state index contributed by atoms with van der Waals surface area (Å²) in [5, 5.41) is 3.80. The first-order chi connectivity index (χ1) is 13.5. The molecule has 1 amide bonds. The summed E-state index contributed by atoms with van der Waals surface area (Å²) in [5.74, 6) is 1.59. The Kier molecular flexibility index (Phi) is 6.36. The summed E-state index contributed by atoms with van der Waals surface area (Å²) in [5.41, 5.74) is 2.00. The number of thioether (sulfide) groups is 1. The minimum atomic E-state index is -0.214. The standard InChI is InChI=1S/C21H23N3O3S/c1-14-8-10-18(11-9-14)28-15(2)21(25)24(3)13-19-22-20(23-27-19)16-6-5-7-17(12-16)26-4/h5-12,15H,13H2,1-4H3. The van der Waals surface area contributed by atoms with Crippen LogP contribution in [-0.2, 0) is 11.3 Å². The van der Waals surface area contributed by atoms with Crippen molar-refractivity contribution in [3.8, 4) is 17.1 Å². The lowest BCUT2D eigenvalue weighted by Crippen LogP contribution is -2.32. The van der Waals surface area contributed by atoms with Crippen LogP contribution in [-0.4, -0.2) is 40.4 Å². The predicted molar refractivity (Wildman–Crippen MR) is 109 cm³/mol. The molecule has 0 saturated heterocycles. The average molecular weight is 398 g/mol. The summed E-state index contributed by atoms with van der Waals surface area (Å²) in [4.78, 5) is 19.7. The molecule has 7 heteroatoms. The van der Waals surface area contributed by atoms with Crippen LogP contribution in [0.25, 0.3) is 11.4 Å². The van der Waals surface area contributed by atoms with Gasteiger partial charge in [-0.15, -0.1) is 11.8 Å². The SMILES string of the molecule is COc1cccc(-c2noc(CN(C)C(=O)C(C)Sc3ccc(C)cc3)n2)c1. The summed E-state index contributed by atoms with van der Waals surface area (Å²) in [7, 11) is 3.35. The third-order valence-electron chi connectivity index (χ3n) is 4.23. The average Bonchev–Trinajstić information content (AvgIpc) is 3.17. The number of aryl methyl sites for hydroxylation is 1. The second-order valence-electron chi connectivity index (χ2n) is 6.51. The van der Waals surface area contributed by atoms with E-state index in [1.54, 1.807) is 19.1 Å². The van der Waals surface area contributed by atoms with Gasteiger partial charge in [-0.05, 0) is 38.1 Å². The summed E-state index contributed by atoms with van der Waals surface area (Å²) >= 11 is 1.53. The van der Waals surface area contributed by atoms with E-state index in [9.17, 15) is 4.79 Å². The molecule has 3 rings (SSSR count). The van der Waals surface area contributed by atoms with Crippen molar-refractivity contribution in [1.29, 1.82) is 0 Å². The van der Waals surface area contributed by atoms with Crippen LogP contribution >= 0.6 is 11.8 Å². The molecule has 0 aliphatic rings. The van der Waals surface area contributed by atoms with Crippen LogP contribution in [0.2, 0.25) is 0 Å². The van der Waals surface area contributed by atoms with Crippen molar-refractivity contribution in [2.75, 3.05) is 14.2 Å². The molecule has 3 aromatic rings. The summed E-state index contributed by atoms with van der Waals surface area (Å²) in [6, 6.07) is 15.6. The smallest absolute Gasteiger partial charge is 0.246 e. The minimum Gasteiger partial charge on any atom is -0.497 e. The molecular weight excluding hydrogens is 374 g/mol. The van der Waals surface area contributed by atoms with Crippen LogP contribution in [0.1, 0.15) is 18.4 Å². The Balaban J connectivity index is 1.62. The predicted octanol–water partition coefficient (Wildman–Crippen LogP) is 4.19. The quantitative estimate of drug-likeness (QED) is 0.557. The number of ether oxygens (including phenoxy) is 1. The highest BCUT2D eigenvalue weighted by molar-refractivity contribution is 8.00. The summed E-state index contributed by atoms with van der Waals surface area (Å²) in [6.45, 7) is 4.20. The zero-order valence-electron chi connectivity index (χ0n) is 16.4. The normalized spacial score (nSPS) is 11.9. The second kappa shape index (κ2) is 8.93. The fourth-order valence-electron chi connectivity index (χ4n) is 2.66. The number of amides is 1. The maximum atomic E-state index is 12.7. The van der Waals surface area contributed by atoms with E-state index >= 15 is 0 Å². The van der Waals surface area contributed by atoms with Gasteiger partial charge in [-0.3, -0.25) is 4.79 Å². The Morgan fingerprint density at radius 2 is 2.00 bits per heavy atom. The van der Waals surface area contributed by atoms with Gasteiger partial charge < -0.3 is 14.2 Å². The number of benzene rings is 2. The van der Waals surface area contributed by atoms with Crippen LogP contribution < -0.4 is 4.74 Å². The maximum Gasteiger partial charge on any atom is 0.246 e. The largest absolute Gasteiger partial charge is 0.497 e.